The van der Waals surface area contributed by atoms with E-state index >= 15 is 0 Å². The Bertz CT molecular complexity index is 249. The first-order valence-electron chi connectivity index (χ1n) is 7.48. The lowest BCUT2D eigenvalue weighted by Gasteiger charge is -2.37. The monoisotopic (exact) mass is 255 g/mol. The standard InChI is InChI=1S/C14H29N3O/c1-3-16-8-10-17(11-9-16)7-6-14(2,12-18)15-13-4-5-13/h13,15,18H,3-12H2,1-2H3. The molecular weight excluding hydrogens is 226 g/mol. The molecule has 1 atom stereocenters. The van der Waals surface area contributed by atoms with E-state index in [0.717, 1.165) is 13.0 Å². The van der Waals surface area contributed by atoms with Crippen LogP contribution < -0.4 is 5.32 Å². The first kappa shape index (κ1) is 14.3. The van der Waals surface area contributed by atoms with Crippen LogP contribution in [0.1, 0.15) is 33.1 Å². The zero-order valence-corrected chi connectivity index (χ0v) is 12.0. The van der Waals surface area contributed by atoms with Crippen LogP contribution >= 0.6 is 0 Å². The third-order valence-electron chi connectivity index (χ3n) is 4.37. The van der Waals surface area contributed by atoms with Gasteiger partial charge < -0.3 is 20.2 Å². The zero-order chi connectivity index (χ0) is 13.0. The Morgan fingerprint density at radius 2 is 1.78 bits per heavy atom. The fraction of sp³-hybridized carbons (Fsp3) is 1.00. The molecule has 0 aromatic heterocycles. The Balaban J connectivity index is 1.69. The van der Waals surface area contributed by atoms with Gasteiger partial charge in [-0.3, -0.25) is 0 Å². The average molecular weight is 255 g/mol. The summed E-state index contributed by atoms with van der Waals surface area (Å²) in [5, 5.41) is 13.2. The molecule has 2 rings (SSSR count). The highest BCUT2D eigenvalue weighted by molar-refractivity contribution is 4.93. The Labute approximate surface area is 111 Å². The molecule has 0 aromatic carbocycles. The minimum absolute atomic E-state index is 0.0803. The van der Waals surface area contributed by atoms with Crippen LogP contribution in [0.5, 0.6) is 0 Å². The maximum atomic E-state index is 9.58. The summed E-state index contributed by atoms with van der Waals surface area (Å²) in [7, 11) is 0. The fourth-order valence-corrected chi connectivity index (χ4v) is 2.65. The normalized spacial score (nSPS) is 26.2. The van der Waals surface area contributed by atoms with E-state index in [2.05, 4.69) is 29.0 Å². The summed E-state index contributed by atoms with van der Waals surface area (Å²) >= 11 is 0. The summed E-state index contributed by atoms with van der Waals surface area (Å²) in [6.07, 6.45) is 3.61. The van der Waals surface area contributed by atoms with Crippen molar-refractivity contribution in [2.24, 2.45) is 0 Å². The third-order valence-corrected chi connectivity index (χ3v) is 4.37. The highest BCUT2D eigenvalue weighted by atomic mass is 16.3. The minimum Gasteiger partial charge on any atom is -0.394 e. The number of likely N-dealkylation sites (N-methyl/N-ethyl adjacent to an activating group) is 1. The molecule has 18 heavy (non-hydrogen) atoms. The van der Waals surface area contributed by atoms with Gasteiger partial charge in [0.1, 0.15) is 0 Å². The van der Waals surface area contributed by atoms with E-state index in [4.69, 9.17) is 0 Å². The summed E-state index contributed by atoms with van der Waals surface area (Å²) in [4.78, 5) is 5.04. The van der Waals surface area contributed by atoms with Gasteiger partial charge in [0.15, 0.2) is 0 Å². The van der Waals surface area contributed by atoms with Crippen LogP contribution in [-0.2, 0) is 0 Å². The molecule has 1 unspecified atom stereocenters. The van der Waals surface area contributed by atoms with Crippen molar-refractivity contribution in [3.8, 4) is 0 Å². The quantitative estimate of drug-likeness (QED) is 0.695. The van der Waals surface area contributed by atoms with Gasteiger partial charge in [-0.1, -0.05) is 6.92 Å². The summed E-state index contributed by atoms with van der Waals surface area (Å²) in [5.41, 5.74) is -0.0803. The van der Waals surface area contributed by atoms with Crippen LogP contribution in [0.4, 0.5) is 0 Å². The number of hydrogen-bond donors (Lipinski definition) is 2. The molecule has 0 aromatic rings. The second kappa shape index (κ2) is 6.33. The summed E-state index contributed by atoms with van der Waals surface area (Å²) in [6.45, 7) is 11.7. The van der Waals surface area contributed by atoms with Crippen molar-refractivity contribution in [3.63, 3.8) is 0 Å². The zero-order valence-electron chi connectivity index (χ0n) is 12.0. The second-order valence-corrected chi connectivity index (χ2v) is 6.16. The molecule has 2 fully saturated rings. The molecule has 0 bridgehead atoms. The van der Waals surface area contributed by atoms with E-state index in [0.29, 0.717) is 6.04 Å². The third kappa shape index (κ3) is 4.19. The molecule has 1 saturated carbocycles. The fourth-order valence-electron chi connectivity index (χ4n) is 2.65. The first-order chi connectivity index (χ1) is 8.65. The van der Waals surface area contributed by atoms with Gasteiger partial charge in [0.05, 0.1) is 6.61 Å². The van der Waals surface area contributed by atoms with Crippen molar-refractivity contribution in [3.05, 3.63) is 0 Å². The molecule has 2 N–H and O–H groups in total. The lowest BCUT2D eigenvalue weighted by molar-refractivity contribution is 0.108. The van der Waals surface area contributed by atoms with Gasteiger partial charge in [-0.25, -0.2) is 0 Å². The van der Waals surface area contributed by atoms with E-state index in [9.17, 15) is 5.11 Å². The molecule has 1 aliphatic carbocycles. The Morgan fingerprint density at radius 3 is 2.28 bits per heavy atom. The van der Waals surface area contributed by atoms with E-state index < -0.39 is 0 Å². The van der Waals surface area contributed by atoms with Crippen LogP contribution in [0.15, 0.2) is 0 Å². The first-order valence-corrected chi connectivity index (χ1v) is 7.48. The maximum absolute atomic E-state index is 9.58. The molecule has 4 heteroatoms. The number of nitrogens with one attached hydrogen (secondary N) is 1. The lowest BCUT2D eigenvalue weighted by atomic mass is 9.98. The van der Waals surface area contributed by atoms with Gasteiger partial charge in [0.25, 0.3) is 0 Å². The van der Waals surface area contributed by atoms with Crippen molar-refractivity contribution in [1.29, 1.82) is 0 Å². The number of aliphatic hydroxyl groups excluding tert-OH is 1. The highest BCUT2D eigenvalue weighted by Gasteiger charge is 2.32. The lowest BCUT2D eigenvalue weighted by Crippen LogP contribution is -2.51. The van der Waals surface area contributed by atoms with E-state index in [1.807, 2.05) is 0 Å². The molecule has 2 aliphatic rings. The van der Waals surface area contributed by atoms with Crippen LogP contribution in [0.3, 0.4) is 0 Å². The molecule has 106 valence electrons. The van der Waals surface area contributed by atoms with Crippen LogP contribution in [-0.4, -0.2) is 72.4 Å². The molecule has 1 aliphatic heterocycles. The van der Waals surface area contributed by atoms with Gasteiger partial charge in [-0.05, 0) is 32.7 Å². The highest BCUT2D eigenvalue weighted by Crippen LogP contribution is 2.24. The van der Waals surface area contributed by atoms with Gasteiger partial charge in [0, 0.05) is 44.3 Å². The van der Waals surface area contributed by atoms with E-state index in [1.165, 1.54) is 45.6 Å². The van der Waals surface area contributed by atoms with Crippen molar-refractivity contribution < 1.29 is 5.11 Å². The Kier molecular flexibility index (Phi) is 5.01. The van der Waals surface area contributed by atoms with Gasteiger partial charge in [-0.2, -0.15) is 0 Å². The van der Waals surface area contributed by atoms with Gasteiger partial charge in [-0.15, -0.1) is 0 Å². The average Bonchev–Trinajstić information content (AvgIpc) is 3.21. The molecule has 1 heterocycles. The van der Waals surface area contributed by atoms with Crippen LogP contribution in [0, 0.1) is 0 Å². The van der Waals surface area contributed by atoms with E-state index in [1.54, 1.807) is 0 Å². The molecule has 0 amide bonds. The van der Waals surface area contributed by atoms with Crippen molar-refractivity contribution in [2.45, 2.75) is 44.7 Å². The number of nitrogens with zero attached hydrogens (tertiary/aromatic N) is 2. The summed E-state index contributed by atoms with van der Waals surface area (Å²) < 4.78 is 0. The van der Waals surface area contributed by atoms with Crippen LogP contribution in [0.2, 0.25) is 0 Å². The molecule has 0 radical (unpaired) electrons. The minimum atomic E-state index is -0.0803. The van der Waals surface area contributed by atoms with Crippen molar-refractivity contribution in [1.82, 2.24) is 15.1 Å². The largest absolute Gasteiger partial charge is 0.394 e. The SMILES string of the molecule is CCN1CCN(CCC(C)(CO)NC2CC2)CC1. The predicted molar refractivity (Wildman–Crippen MR) is 74.8 cm³/mol. The number of piperazine rings is 1. The topological polar surface area (TPSA) is 38.7 Å². The van der Waals surface area contributed by atoms with Gasteiger partial charge in [0.2, 0.25) is 0 Å². The summed E-state index contributed by atoms with van der Waals surface area (Å²) in [5.74, 6) is 0. The van der Waals surface area contributed by atoms with Gasteiger partial charge >= 0.3 is 0 Å². The Morgan fingerprint density at radius 1 is 1.17 bits per heavy atom. The molecule has 4 nitrogen and oxygen atoms in total. The number of rotatable bonds is 7. The smallest absolute Gasteiger partial charge is 0.0611 e. The summed E-state index contributed by atoms with van der Waals surface area (Å²) in [6, 6.07) is 0.666. The van der Waals surface area contributed by atoms with Crippen molar-refractivity contribution in [2.75, 3.05) is 45.9 Å². The number of hydrogen-bond acceptors (Lipinski definition) is 4. The molecular formula is C14H29N3O. The molecule has 1 saturated heterocycles. The Hall–Kier alpha value is -0.160. The number of aliphatic hydroxyl groups is 1. The second-order valence-electron chi connectivity index (χ2n) is 6.16. The van der Waals surface area contributed by atoms with Crippen LogP contribution in [0.25, 0.3) is 0 Å². The van der Waals surface area contributed by atoms with E-state index in [-0.39, 0.29) is 12.1 Å². The maximum Gasteiger partial charge on any atom is 0.0611 e. The molecule has 0 spiro atoms. The van der Waals surface area contributed by atoms with Crippen molar-refractivity contribution >= 4 is 0 Å². The predicted octanol–water partition coefficient (Wildman–Crippen LogP) is 0.517.